The second-order valence-electron chi connectivity index (χ2n) is 6.40. The maximum absolute atomic E-state index is 11.2. The first kappa shape index (κ1) is 16.8. The van der Waals surface area contributed by atoms with E-state index in [0.717, 1.165) is 45.4 Å². The van der Waals surface area contributed by atoms with Gasteiger partial charge < -0.3 is 21.5 Å². The summed E-state index contributed by atoms with van der Waals surface area (Å²) in [5, 5.41) is 3.18. The maximum atomic E-state index is 11.2. The third-order valence-electron chi connectivity index (χ3n) is 4.57. The second-order valence-corrected chi connectivity index (χ2v) is 6.40. The van der Waals surface area contributed by atoms with Crippen LogP contribution in [-0.2, 0) is 16.1 Å². The van der Waals surface area contributed by atoms with E-state index in [-0.39, 0.29) is 23.9 Å². The van der Waals surface area contributed by atoms with Crippen molar-refractivity contribution in [2.24, 2.45) is 11.7 Å². The number of likely N-dealkylation sites (tertiary alicyclic amines) is 1. The van der Waals surface area contributed by atoms with Gasteiger partial charge in [0.25, 0.3) is 0 Å². The lowest BCUT2D eigenvalue weighted by Crippen LogP contribution is -2.38. The van der Waals surface area contributed by atoms with E-state index < -0.39 is 0 Å². The summed E-state index contributed by atoms with van der Waals surface area (Å²) in [6.07, 6.45) is 3.91. The molecule has 1 amide bonds. The highest BCUT2D eigenvalue weighted by molar-refractivity contribution is 5.76. The summed E-state index contributed by atoms with van der Waals surface area (Å²) in [5.74, 6) is 1.10. The van der Waals surface area contributed by atoms with Crippen molar-refractivity contribution in [2.75, 3.05) is 37.3 Å². The molecule has 1 aromatic heterocycles. The van der Waals surface area contributed by atoms with Crippen LogP contribution in [0.1, 0.15) is 31.5 Å². The Labute approximate surface area is 141 Å². The van der Waals surface area contributed by atoms with Crippen LogP contribution in [0.3, 0.4) is 0 Å². The Morgan fingerprint density at radius 1 is 1.25 bits per heavy atom. The van der Waals surface area contributed by atoms with Gasteiger partial charge in [-0.15, -0.1) is 0 Å². The molecule has 2 aliphatic heterocycles. The molecule has 2 saturated heterocycles. The Balaban J connectivity index is 1.54. The number of hydrogen-bond acceptors (Lipinski definition) is 8. The lowest BCUT2D eigenvalue weighted by molar-refractivity contribution is -0.123. The number of hydrogen-bond donors (Lipinski definition) is 3. The monoisotopic (exact) mass is 335 g/mol. The number of ether oxygens (including phenoxy) is 1. The molecule has 132 valence electrons. The number of aromatic nitrogens is 3. The maximum Gasteiger partial charge on any atom is 0.227 e. The number of nitrogens with two attached hydrogens (primary N) is 2. The predicted molar refractivity (Wildman–Crippen MR) is 88.9 cm³/mol. The zero-order valence-corrected chi connectivity index (χ0v) is 13.8. The van der Waals surface area contributed by atoms with Gasteiger partial charge in [0.2, 0.25) is 17.8 Å². The largest absolute Gasteiger partial charge is 0.376 e. The normalized spacial score (nSPS) is 22.6. The van der Waals surface area contributed by atoms with Crippen molar-refractivity contribution in [2.45, 2.75) is 38.3 Å². The molecule has 9 heteroatoms. The highest BCUT2D eigenvalue weighted by atomic mass is 16.5. The van der Waals surface area contributed by atoms with Crippen molar-refractivity contribution in [3.63, 3.8) is 0 Å². The van der Waals surface area contributed by atoms with E-state index >= 15 is 0 Å². The Kier molecular flexibility index (Phi) is 5.41. The molecular formula is C15H25N7O2. The molecule has 3 rings (SSSR count). The number of nitrogens with one attached hydrogen (secondary N) is 1. The van der Waals surface area contributed by atoms with E-state index in [2.05, 4.69) is 25.2 Å². The average Bonchev–Trinajstić information content (AvgIpc) is 3.06. The Morgan fingerprint density at radius 3 is 2.71 bits per heavy atom. The zero-order valence-electron chi connectivity index (χ0n) is 13.8. The molecule has 0 spiro atoms. The van der Waals surface area contributed by atoms with Crippen LogP contribution in [0.4, 0.5) is 11.9 Å². The number of carbonyl (C=O) groups excluding carboxylic acids is 1. The molecule has 0 aromatic carbocycles. The third-order valence-corrected chi connectivity index (χ3v) is 4.57. The van der Waals surface area contributed by atoms with Crippen molar-refractivity contribution in [1.82, 2.24) is 19.9 Å². The van der Waals surface area contributed by atoms with Crippen molar-refractivity contribution in [3.8, 4) is 0 Å². The lowest BCUT2D eigenvalue weighted by atomic mass is 9.96. The average molecular weight is 335 g/mol. The van der Waals surface area contributed by atoms with Gasteiger partial charge >= 0.3 is 0 Å². The van der Waals surface area contributed by atoms with Gasteiger partial charge in [0.05, 0.1) is 12.6 Å². The molecule has 0 aliphatic carbocycles. The number of piperidine rings is 1. The molecule has 0 bridgehead atoms. The molecule has 2 aliphatic rings. The van der Waals surface area contributed by atoms with Gasteiger partial charge in [-0.3, -0.25) is 9.69 Å². The number of primary amides is 1. The fourth-order valence-electron chi connectivity index (χ4n) is 3.17. The summed E-state index contributed by atoms with van der Waals surface area (Å²) in [6.45, 7) is 3.69. The highest BCUT2D eigenvalue weighted by Gasteiger charge is 2.24. The Hall–Kier alpha value is -2.00. The fourth-order valence-corrected chi connectivity index (χ4v) is 3.17. The summed E-state index contributed by atoms with van der Waals surface area (Å²) in [6, 6.07) is 0. The van der Waals surface area contributed by atoms with E-state index in [9.17, 15) is 4.79 Å². The highest BCUT2D eigenvalue weighted by Crippen LogP contribution is 2.18. The van der Waals surface area contributed by atoms with Gasteiger partial charge in [-0.2, -0.15) is 15.0 Å². The van der Waals surface area contributed by atoms with Gasteiger partial charge in [-0.25, -0.2) is 0 Å². The summed E-state index contributed by atoms with van der Waals surface area (Å²) < 4.78 is 5.58. The number of carbonyl (C=O) groups is 1. The predicted octanol–water partition coefficient (Wildman–Crippen LogP) is -0.258. The lowest BCUT2D eigenvalue weighted by Gasteiger charge is -2.29. The standard InChI is InChI=1S/C15H25N7O2/c16-13(23)10-3-5-22(6-4-10)9-12-19-14(17)21-15(20-12)18-8-11-2-1-7-24-11/h10-11H,1-9H2,(H2,16,23)(H3,17,18,19,20,21). The van der Waals surface area contributed by atoms with Crippen LogP contribution in [0.5, 0.6) is 0 Å². The molecule has 1 aromatic rings. The zero-order chi connectivity index (χ0) is 16.9. The summed E-state index contributed by atoms with van der Waals surface area (Å²) in [4.78, 5) is 26.2. The molecule has 0 radical (unpaired) electrons. The third kappa shape index (κ3) is 4.51. The number of amides is 1. The first-order valence-electron chi connectivity index (χ1n) is 8.47. The Bertz CT molecular complexity index is 569. The van der Waals surface area contributed by atoms with Gasteiger partial charge in [0.15, 0.2) is 0 Å². The van der Waals surface area contributed by atoms with E-state index in [1.54, 1.807) is 0 Å². The van der Waals surface area contributed by atoms with E-state index in [1.807, 2.05) is 0 Å². The SMILES string of the molecule is NC(=O)C1CCN(Cc2nc(N)nc(NCC3CCCO3)n2)CC1. The minimum atomic E-state index is -0.209. The summed E-state index contributed by atoms with van der Waals surface area (Å²) in [5.41, 5.74) is 11.2. The van der Waals surface area contributed by atoms with Gasteiger partial charge in [-0.1, -0.05) is 0 Å². The van der Waals surface area contributed by atoms with Gasteiger partial charge in [0, 0.05) is 19.1 Å². The van der Waals surface area contributed by atoms with Crippen molar-refractivity contribution in [1.29, 1.82) is 0 Å². The number of rotatable bonds is 6. The Morgan fingerprint density at radius 2 is 2.04 bits per heavy atom. The number of anilines is 2. The van der Waals surface area contributed by atoms with Crippen LogP contribution in [-0.4, -0.2) is 58.1 Å². The topological polar surface area (TPSA) is 132 Å². The van der Waals surface area contributed by atoms with Crippen molar-refractivity contribution in [3.05, 3.63) is 5.82 Å². The minimum Gasteiger partial charge on any atom is -0.376 e. The van der Waals surface area contributed by atoms with Crippen LogP contribution in [0.15, 0.2) is 0 Å². The summed E-state index contributed by atoms with van der Waals surface area (Å²) in [7, 11) is 0. The van der Waals surface area contributed by atoms with Crippen LogP contribution in [0.2, 0.25) is 0 Å². The molecule has 24 heavy (non-hydrogen) atoms. The molecule has 5 N–H and O–H groups in total. The molecule has 2 fully saturated rings. The van der Waals surface area contributed by atoms with Crippen LogP contribution in [0, 0.1) is 5.92 Å². The molecule has 0 saturated carbocycles. The first-order valence-corrected chi connectivity index (χ1v) is 8.47. The van der Waals surface area contributed by atoms with E-state index in [1.165, 1.54) is 0 Å². The first-order chi connectivity index (χ1) is 11.6. The van der Waals surface area contributed by atoms with Gasteiger partial charge in [-0.05, 0) is 38.8 Å². The van der Waals surface area contributed by atoms with E-state index in [0.29, 0.717) is 24.9 Å². The molecular weight excluding hydrogens is 310 g/mol. The molecule has 3 heterocycles. The molecule has 1 atom stereocenters. The van der Waals surface area contributed by atoms with Crippen LogP contribution >= 0.6 is 0 Å². The molecule has 9 nitrogen and oxygen atoms in total. The smallest absolute Gasteiger partial charge is 0.227 e. The molecule has 1 unspecified atom stereocenters. The second kappa shape index (κ2) is 7.71. The van der Waals surface area contributed by atoms with Gasteiger partial charge in [0.1, 0.15) is 5.82 Å². The minimum absolute atomic E-state index is 0.0201. The fraction of sp³-hybridized carbons (Fsp3) is 0.733. The number of nitrogens with zero attached hydrogens (tertiary/aromatic N) is 4. The van der Waals surface area contributed by atoms with Crippen molar-refractivity contribution < 1.29 is 9.53 Å². The quantitative estimate of drug-likeness (QED) is 0.648. The number of nitrogen functional groups attached to an aromatic ring is 1. The van der Waals surface area contributed by atoms with E-state index in [4.69, 9.17) is 16.2 Å². The van der Waals surface area contributed by atoms with Crippen molar-refractivity contribution >= 4 is 17.8 Å². The summed E-state index contributed by atoms with van der Waals surface area (Å²) >= 11 is 0. The van der Waals surface area contributed by atoms with Crippen LogP contribution in [0.25, 0.3) is 0 Å². The van der Waals surface area contributed by atoms with Crippen LogP contribution < -0.4 is 16.8 Å².